The van der Waals surface area contributed by atoms with Gasteiger partial charge in [0.1, 0.15) is 5.82 Å². The summed E-state index contributed by atoms with van der Waals surface area (Å²) in [5, 5.41) is 3.83. The van der Waals surface area contributed by atoms with Crippen LogP contribution in [-0.4, -0.2) is 41.4 Å². The van der Waals surface area contributed by atoms with Crippen molar-refractivity contribution in [1.82, 2.24) is 14.7 Å². The third-order valence-electron chi connectivity index (χ3n) is 3.44. The quantitative estimate of drug-likeness (QED) is 0.810. The van der Waals surface area contributed by atoms with Gasteiger partial charge in [0.05, 0.1) is 5.92 Å². The highest BCUT2D eigenvalue weighted by Crippen LogP contribution is 2.25. The average Bonchev–Trinajstić information content (AvgIpc) is 2.94. The predicted molar refractivity (Wildman–Crippen MR) is 80.9 cm³/mol. The van der Waals surface area contributed by atoms with E-state index in [-0.39, 0.29) is 11.8 Å². The second-order valence-electron chi connectivity index (χ2n) is 5.11. The molecule has 1 aromatic heterocycles. The minimum atomic E-state index is 0.0359. The Balaban J connectivity index is 1.93. The molecule has 6 nitrogen and oxygen atoms in total. The molecule has 0 radical (unpaired) electrons. The summed E-state index contributed by atoms with van der Waals surface area (Å²) in [4.78, 5) is 18.8. The Morgan fingerprint density at radius 1 is 1.60 bits per heavy atom. The smallest absolute Gasteiger partial charge is 0.224 e. The van der Waals surface area contributed by atoms with Crippen LogP contribution in [0.25, 0.3) is 0 Å². The minimum Gasteiger partial charge on any atom is -0.355 e. The van der Waals surface area contributed by atoms with Crippen molar-refractivity contribution in [3.05, 3.63) is 5.82 Å². The van der Waals surface area contributed by atoms with E-state index in [1.807, 2.05) is 0 Å². The molecule has 0 spiro atoms. The first-order valence-electron chi connectivity index (χ1n) is 7.30. The van der Waals surface area contributed by atoms with Crippen LogP contribution in [0.15, 0.2) is 0 Å². The normalized spacial score (nSPS) is 19.1. The van der Waals surface area contributed by atoms with E-state index >= 15 is 0 Å². The number of piperidine rings is 1. The molecular formula is C13H23N5OS. The highest BCUT2D eigenvalue weighted by atomic mass is 32.1. The molecule has 1 aliphatic heterocycles. The molecule has 0 aliphatic carbocycles. The van der Waals surface area contributed by atoms with Crippen LogP contribution in [0.4, 0.5) is 5.13 Å². The van der Waals surface area contributed by atoms with E-state index in [0.29, 0.717) is 13.1 Å². The van der Waals surface area contributed by atoms with Gasteiger partial charge in [-0.3, -0.25) is 4.79 Å². The van der Waals surface area contributed by atoms with Gasteiger partial charge >= 0.3 is 0 Å². The fourth-order valence-electron chi connectivity index (χ4n) is 2.40. The summed E-state index contributed by atoms with van der Waals surface area (Å²) in [6, 6.07) is 0. The standard InChI is InChI=1S/C13H23N5OS/c1-2-4-11-16-13(20-17-11)18-8-3-5-10(9-18)12(19)15-7-6-14/h10H,2-9,14H2,1H3,(H,15,19). The molecule has 2 rings (SSSR count). The lowest BCUT2D eigenvalue weighted by atomic mass is 9.97. The van der Waals surface area contributed by atoms with Gasteiger partial charge in [-0.15, -0.1) is 0 Å². The zero-order valence-corrected chi connectivity index (χ0v) is 12.8. The Morgan fingerprint density at radius 3 is 3.20 bits per heavy atom. The van der Waals surface area contributed by atoms with Crippen LogP contribution >= 0.6 is 11.5 Å². The van der Waals surface area contributed by atoms with Gasteiger partial charge in [-0.05, 0) is 19.3 Å². The van der Waals surface area contributed by atoms with Gasteiger partial charge in [0.25, 0.3) is 0 Å². The third kappa shape index (κ3) is 3.89. The van der Waals surface area contributed by atoms with Crippen molar-refractivity contribution in [2.45, 2.75) is 32.6 Å². The highest BCUT2D eigenvalue weighted by molar-refractivity contribution is 7.09. The largest absolute Gasteiger partial charge is 0.355 e. The van der Waals surface area contributed by atoms with Crippen LogP contribution in [0, 0.1) is 5.92 Å². The Kier molecular flexibility index (Phi) is 5.72. The molecule has 0 saturated carbocycles. The van der Waals surface area contributed by atoms with Gasteiger partial charge in [-0.1, -0.05) is 6.92 Å². The van der Waals surface area contributed by atoms with Crippen LogP contribution in [-0.2, 0) is 11.2 Å². The number of hydrogen-bond acceptors (Lipinski definition) is 6. The lowest BCUT2D eigenvalue weighted by molar-refractivity contribution is -0.125. The van der Waals surface area contributed by atoms with Crippen LogP contribution < -0.4 is 16.0 Å². The van der Waals surface area contributed by atoms with Crippen molar-refractivity contribution in [2.24, 2.45) is 11.7 Å². The second kappa shape index (κ2) is 7.54. The Bertz CT molecular complexity index is 436. The third-order valence-corrected chi connectivity index (χ3v) is 4.25. The summed E-state index contributed by atoms with van der Waals surface area (Å²) in [5.74, 6) is 1.06. The summed E-state index contributed by atoms with van der Waals surface area (Å²) < 4.78 is 4.37. The van der Waals surface area contributed by atoms with Crippen LogP contribution in [0.3, 0.4) is 0 Å². The van der Waals surface area contributed by atoms with Gasteiger partial charge in [0, 0.05) is 44.1 Å². The summed E-state index contributed by atoms with van der Waals surface area (Å²) in [5.41, 5.74) is 5.41. The minimum absolute atomic E-state index is 0.0359. The molecular weight excluding hydrogens is 274 g/mol. The monoisotopic (exact) mass is 297 g/mol. The van der Waals surface area contributed by atoms with E-state index < -0.39 is 0 Å². The van der Waals surface area contributed by atoms with E-state index in [2.05, 4.69) is 26.5 Å². The highest BCUT2D eigenvalue weighted by Gasteiger charge is 2.27. The Labute approximate surface area is 123 Å². The SMILES string of the molecule is CCCc1nsc(N2CCCC(C(=O)NCCN)C2)n1. The first kappa shape index (κ1) is 15.2. The molecule has 112 valence electrons. The number of aromatic nitrogens is 2. The van der Waals surface area contributed by atoms with Crippen molar-refractivity contribution in [3.8, 4) is 0 Å². The molecule has 2 heterocycles. The lowest BCUT2D eigenvalue weighted by Crippen LogP contribution is -2.44. The number of carbonyl (C=O) groups is 1. The molecule has 3 N–H and O–H groups in total. The lowest BCUT2D eigenvalue weighted by Gasteiger charge is -2.31. The van der Waals surface area contributed by atoms with Gasteiger partial charge in [0.2, 0.25) is 11.0 Å². The summed E-state index contributed by atoms with van der Waals surface area (Å²) in [7, 11) is 0. The van der Waals surface area contributed by atoms with Crippen LogP contribution in [0.5, 0.6) is 0 Å². The van der Waals surface area contributed by atoms with E-state index in [9.17, 15) is 4.79 Å². The number of carbonyl (C=O) groups excluding carboxylic acids is 1. The first-order valence-corrected chi connectivity index (χ1v) is 8.07. The maximum absolute atomic E-state index is 12.0. The van der Waals surface area contributed by atoms with Crippen molar-refractivity contribution >= 4 is 22.6 Å². The predicted octanol–water partition coefficient (Wildman–Crippen LogP) is 0.782. The number of hydrogen-bond donors (Lipinski definition) is 2. The molecule has 1 unspecified atom stereocenters. The Morgan fingerprint density at radius 2 is 2.45 bits per heavy atom. The maximum atomic E-state index is 12.0. The van der Waals surface area contributed by atoms with Crippen molar-refractivity contribution in [3.63, 3.8) is 0 Å². The molecule has 7 heteroatoms. The van der Waals surface area contributed by atoms with Crippen molar-refractivity contribution in [1.29, 1.82) is 0 Å². The fourth-order valence-corrected chi connectivity index (χ4v) is 3.15. The number of nitrogens with one attached hydrogen (secondary N) is 1. The topological polar surface area (TPSA) is 84.1 Å². The molecule has 1 aromatic rings. The van der Waals surface area contributed by atoms with E-state index in [4.69, 9.17) is 5.73 Å². The molecule has 0 bridgehead atoms. The summed E-state index contributed by atoms with van der Waals surface area (Å²) in [6.07, 6.45) is 3.93. The Hall–Kier alpha value is -1.21. The summed E-state index contributed by atoms with van der Waals surface area (Å²) in [6.45, 7) is 4.85. The molecule has 20 heavy (non-hydrogen) atoms. The molecule has 1 saturated heterocycles. The second-order valence-corrected chi connectivity index (χ2v) is 5.84. The average molecular weight is 297 g/mol. The molecule has 1 atom stereocenters. The zero-order valence-electron chi connectivity index (χ0n) is 12.0. The first-order chi connectivity index (χ1) is 9.74. The molecule has 1 amide bonds. The van der Waals surface area contributed by atoms with Crippen LogP contribution in [0.1, 0.15) is 32.0 Å². The van der Waals surface area contributed by atoms with Crippen molar-refractivity contribution in [2.75, 3.05) is 31.1 Å². The summed E-state index contributed by atoms with van der Waals surface area (Å²) >= 11 is 1.44. The fraction of sp³-hybridized carbons (Fsp3) is 0.769. The number of aryl methyl sites for hydroxylation is 1. The molecule has 1 aliphatic rings. The van der Waals surface area contributed by atoms with Gasteiger partial charge in [-0.25, -0.2) is 4.98 Å². The number of rotatable bonds is 6. The molecule has 1 fully saturated rings. The maximum Gasteiger partial charge on any atom is 0.224 e. The zero-order chi connectivity index (χ0) is 14.4. The number of nitrogens with two attached hydrogens (primary N) is 1. The van der Waals surface area contributed by atoms with Gasteiger partial charge in [-0.2, -0.15) is 4.37 Å². The van der Waals surface area contributed by atoms with E-state index in [1.165, 1.54) is 11.5 Å². The van der Waals surface area contributed by atoms with E-state index in [0.717, 1.165) is 49.7 Å². The number of nitrogens with zero attached hydrogens (tertiary/aromatic N) is 3. The van der Waals surface area contributed by atoms with Crippen molar-refractivity contribution < 1.29 is 4.79 Å². The van der Waals surface area contributed by atoms with Gasteiger partial charge < -0.3 is 16.0 Å². The van der Waals surface area contributed by atoms with Gasteiger partial charge in [0.15, 0.2) is 0 Å². The number of amides is 1. The molecule has 0 aromatic carbocycles. The number of anilines is 1. The van der Waals surface area contributed by atoms with E-state index in [1.54, 1.807) is 0 Å². The van der Waals surface area contributed by atoms with Crippen LogP contribution in [0.2, 0.25) is 0 Å².